The molecule has 0 saturated heterocycles. The van der Waals surface area contributed by atoms with Crippen LogP contribution in [0.1, 0.15) is 23.9 Å². The number of nitrogens with one attached hydrogen (secondary N) is 2. The summed E-state index contributed by atoms with van der Waals surface area (Å²) < 4.78 is 26.8. The number of hydrogen-bond acceptors (Lipinski definition) is 2. The lowest BCUT2D eigenvalue weighted by molar-refractivity contribution is 0.585. The van der Waals surface area contributed by atoms with Crippen LogP contribution in [0.4, 0.5) is 8.78 Å². The zero-order valence-corrected chi connectivity index (χ0v) is 13.2. The third-order valence-corrected chi connectivity index (χ3v) is 3.14. The van der Waals surface area contributed by atoms with Gasteiger partial charge < -0.3 is 10.6 Å². The molecule has 2 N–H and O–H groups in total. The topological polar surface area (TPSA) is 49.3 Å². The van der Waals surface area contributed by atoms with Gasteiger partial charge in [0.05, 0.1) is 18.8 Å². The fourth-order valence-electron chi connectivity index (χ4n) is 2.04. The van der Waals surface area contributed by atoms with Crippen LogP contribution < -0.4 is 10.6 Å². The summed E-state index contributed by atoms with van der Waals surface area (Å²) in [5, 5.41) is 6.20. The molecule has 0 unspecified atom stereocenters. The molecule has 0 amide bonds. The van der Waals surface area contributed by atoms with Crippen molar-refractivity contribution in [1.82, 2.24) is 15.6 Å². The van der Waals surface area contributed by atoms with Crippen molar-refractivity contribution < 1.29 is 8.78 Å². The van der Waals surface area contributed by atoms with Crippen LogP contribution in [0.25, 0.3) is 0 Å². The average Bonchev–Trinajstić information content (AvgIpc) is 2.53. The van der Waals surface area contributed by atoms with Crippen molar-refractivity contribution in [3.8, 4) is 0 Å². The van der Waals surface area contributed by atoms with Gasteiger partial charge in [0.2, 0.25) is 0 Å². The average molecular weight is 318 g/mol. The molecule has 0 fully saturated rings. The smallest absolute Gasteiger partial charge is 0.191 e. The van der Waals surface area contributed by atoms with E-state index in [0.717, 1.165) is 29.6 Å². The van der Waals surface area contributed by atoms with Crippen LogP contribution in [-0.4, -0.2) is 17.5 Å². The Bertz CT molecular complexity index is 686. The third-order valence-electron chi connectivity index (χ3n) is 3.14. The van der Waals surface area contributed by atoms with E-state index < -0.39 is 11.6 Å². The number of aliphatic imine (C=N–C) groups is 1. The highest BCUT2D eigenvalue weighted by Gasteiger charge is 2.04. The van der Waals surface area contributed by atoms with E-state index in [4.69, 9.17) is 0 Å². The van der Waals surface area contributed by atoms with Crippen molar-refractivity contribution in [2.24, 2.45) is 4.99 Å². The molecule has 6 heteroatoms. The largest absolute Gasteiger partial charge is 0.357 e. The van der Waals surface area contributed by atoms with Crippen LogP contribution in [0, 0.1) is 18.6 Å². The molecule has 0 aliphatic carbocycles. The molecule has 0 aliphatic heterocycles. The summed E-state index contributed by atoms with van der Waals surface area (Å²) in [5.74, 6) is -0.413. The number of benzene rings is 1. The molecular formula is C17H20F2N4. The van der Waals surface area contributed by atoms with E-state index in [0.29, 0.717) is 19.0 Å². The highest BCUT2D eigenvalue weighted by Crippen LogP contribution is 2.10. The Hall–Kier alpha value is -2.50. The first-order valence-electron chi connectivity index (χ1n) is 7.47. The lowest BCUT2D eigenvalue weighted by Crippen LogP contribution is -2.37. The van der Waals surface area contributed by atoms with Gasteiger partial charge in [-0.25, -0.2) is 13.8 Å². The maximum absolute atomic E-state index is 13.6. The zero-order chi connectivity index (χ0) is 16.7. The van der Waals surface area contributed by atoms with E-state index in [1.54, 1.807) is 0 Å². The number of rotatable bonds is 5. The van der Waals surface area contributed by atoms with Crippen LogP contribution >= 0.6 is 0 Å². The van der Waals surface area contributed by atoms with Crippen molar-refractivity contribution in [3.63, 3.8) is 0 Å². The molecule has 2 rings (SSSR count). The standard InChI is InChI=1S/C17H20F2N4/c1-3-20-17(22-11-15-6-4-5-12(2)23-15)21-10-13-9-14(18)7-8-16(13)19/h4-9H,3,10-11H2,1-2H3,(H2,20,21,22). The molecule has 0 atom stereocenters. The van der Waals surface area contributed by atoms with Gasteiger partial charge in [0.15, 0.2) is 5.96 Å². The highest BCUT2D eigenvalue weighted by atomic mass is 19.1. The van der Waals surface area contributed by atoms with Gasteiger partial charge in [-0.05, 0) is 44.2 Å². The van der Waals surface area contributed by atoms with Gasteiger partial charge in [0, 0.05) is 17.8 Å². The first-order valence-corrected chi connectivity index (χ1v) is 7.47. The molecule has 1 aromatic heterocycles. The molecule has 0 radical (unpaired) electrons. The number of nitrogens with zero attached hydrogens (tertiary/aromatic N) is 2. The Balaban J connectivity index is 2.03. The molecule has 122 valence electrons. The Morgan fingerprint density at radius 2 is 2.00 bits per heavy atom. The van der Waals surface area contributed by atoms with Crippen LogP contribution in [0.2, 0.25) is 0 Å². The van der Waals surface area contributed by atoms with Gasteiger partial charge in [-0.2, -0.15) is 0 Å². The number of guanidine groups is 1. The monoisotopic (exact) mass is 318 g/mol. The quantitative estimate of drug-likeness (QED) is 0.658. The van der Waals surface area contributed by atoms with Crippen LogP contribution in [0.5, 0.6) is 0 Å². The van der Waals surface area contributed by atoms with Crippen molar-refractivity contribution in [1.29, 1.82) is 0 Å². The predicted molar refractivity (Wildman–Crippen MR) is 87.0 cm³/mol. The molecular weight excluding hydrogens is 298 g/mol. The summed E-state index contributed by atoms with van der Waals surface area (Å²) in [6.07, 6.45) is 0. The van der Waals surface area contributed by atoms with Gasteiger partial charge >= 0.3 is 0 Å². The van der Waals surface area contributed by atoms with Crippen molar-refractivity contribution in [2.45, 2.75) is 26.9 Å². The molecule has 0 aliphatic rings. The molecule has 1 aromatic carbocycles. The van der Waals surface area contributed by atoms with Crippen molar-refractivity contribution in [3.05, 3.63) is 65.0 Å². The fraction of sp³-hybridized carbons (Fsp3) is 0.294. The second-order valence-electron chi connectivity index (χ2n) is 5.05. The molecule has 0 bridgehead atoms. The number of halogens is 2. The minimum Gasteiger partial charge on any atom is -0.357 e. The van der Waals surface area contributed by atoms with Gasteiger partial charge in [-0.3, -0.25) is 4.98 Å². The van der Waals surface area contributed by atoms with Crippen LogP contribution in [0.15, 0.2) is 41.4 Å². The van der Waals surface area contributed by atoms with E-state index in [2.05, 4.69) is 20.6 Å². The normalized spacial score (nSPS) is 11.4. The lowest BCUT2D eigenvalue weighted by atomic mass is 10.2. The summed E-state index contributed by atoms with van der Waals surface area (Å²) in [6.45, 7) is 5.08. The molecule has 23 heavy (non-hydrogen) atoms. The molecule has 4 nitrogen and oxygen atoms in total. The number of aromatic nitrogens is 1. The SMILES string of the molecule is CCNC(=NCc1cc(F)ccc1F)NCc1cccc(C)n1. The number of aryl methyl sites for hydroxylation is 1. The molecule has 1 heterocycles. The summed E-state index contributed by atoms with van der Waals surface area (Å²) in [5.41, 5.74) is 2.04. The third kappa shape index (κ3) is 5.32. The van der Waals surface area contributed by atoms with Crippen molar-refractivity contribution >= 4 is 5.96 Å². The maximum atomic E-state index is 13.6. The van der Waals surface area contributed by atoms with Gasteiger partial charge in [-0.1, -0.05) is 6.07 Å². The summed E-state index contributed by atoms with van der Waals surface area (Å²) in [6, 6.07) is 9.13. The Morgan fingerprint density at radius 3 is 2.74 bits per heavy atom. The fourth-order valence-corrected chi connectivity index (χ4v) is 2.04. The maximum Gasteiger partial charge on any atom is 0.191 e. The second kappa shape index (κ2) is 8.22. The molecule has 0 spiro atoms. The van der Waals surface area contributed by atoms with Crippen molar-refractivity contribution in [2.75, 3.05) is 6.54 Å². The summed E-state index contributed by atoms with van der Waals surface area (Å²) in [7, 11) is 0. The zero-order valence-electron chi connectivity index (χ0n) is 13.2. The molecule has 2 aromatic rings. The van der Waals surface area contributed by atoms with Gasteiger partial charge in [0.25, 0.3) is 0 Å². The Labute approximate surface area is 134 Å². The highest BCUT2D eigenvalue weighted by molar-refractivity contribution is 5.79. The van der Waals surface area contributed by atoms with Gasteiger partial charge in [0.1, 0.15) is 11.6 Å². The Kier molecular flexibility index (Phi) is 6.02. The van der Waals surface area contributed by atoms with Gasteiger partial charge in [-0.15, -0.1) is 0 Å². The van der Waals surface area contributed by atoms with E-state index in [-0.39, 0.29) is 12.1 Å². The second-order valence-corrected chi connectivity index (χ2v) is 5.05. The van der Waals surface area contributed by atoms with E-state index in [1.807, 2.05) is 32.0 Å². The van der Waals surface area contributed by atoms with E-state index in [1.165, 1.54) is 0 Å². The van der Waals surface area contributed by atoms with Crippen LogP contribution in [-0.2, 0) is 13.1 Å². The number of pyridine rings is 1. The minimum absolute atomic E-state index is 0.0557. The number of hydrogen-bond donors (Lipinski definition) is 2. The predicted octanol–water partition coefficient (Wildman–Crippen LogP) is 2.92. The molecule has 0 saturated carbocycles. The minimum atomic E-state index is -0.474. The van der Waals surface area contributed by atoms with E-state index >= 15 is 0 Å². The first kappa shape index (κ1) is 16.9. The lowest BCUT2D eigenvalue weighted by Gasteiger charge is -2.11. The summed E-state index contributed by atoms with van der Waals surface area (Å²) in [4.78, 5) is 8.68. The van der Waals surface area contributed by atoms with E-state index in [9.17, 15) is 8.78 Å². The summed E-state index contributed by atoms with van der Waals surface area (Å²) >= 11 is 0. The first-order chi connectivity index (χ1) is 11.1. The van der Waals surface area contributed by atoms with Crippen LogP contribution in [0.3, 0.4) is 0 Å². The Morgan fingerprint density at radius 1 is 1.17 bits per heavy atom.